The minimum absolute atomic E-state index is 0.123. The Kier molecular flexibility index (Phi) is 3.17. The molecule has 1 aliphatic rings. The van der Waals surface area contributed by atoms with Gasteiger partial charge in [-0.1, -0.05) is 29.8 Å². The van der Waals surface area contributed by atoms with E-state index in [4.69, 9.17) is 11.6 Å². The van der Waals surface area contributed by atoms with E-state index in [1.807, 2.05) is 12.1 Å². The standard InChI is InChI=1S/C18H15ClN2O/c19-14-10-12(7-8-17(14)22)18-16-6-3-9-21(16)15-5-2-1-4-13(15)11-20-18/h1-10,18,20,22H,11H2/p+1/t18-/m0/s1. The molecule has 0 aliphatic carbocycles. The smallest absolute Gasteiger partial charge is 0.153 e. The van der Waals surface area contributed by atoms with E-state index in [1.165, 1.54) is 16.9 Å². The van der Waals surface area contributed by atoms with Crippen molar-refractivity contribution in [3.63, 3.8) is 0 Å². The van der Waals surface area contributed by atoms with Crippen LogP contribution in [0, 0.1) is 0 Å². The van der Waals surface area contributed by atoms with Gasteiger partial charge in [0.15, 0.2) is 6.04 Å². The van der Waals surface area contributed by atoms with E-state index in [9.17, 15) is 5.11 Å². The Morgan fingerprint density at radius 2 is 1.95 bits per heavy atom. The summed E-state index contributed by atoms with van der Waals surface area (Å²) in [5.74, 6) is 0.123. The van der Waals surface area contributed by atoms with E-state index in [2.05, 4.69) is 52.5 Å². The lowest BCUT2D eigenvalue weighted by atomic mass is 10.0. The van der Waals surface area contributed by atoms with Crippen LogP contribution in [0.15, 0.2) is 60.8 Å². The van der Waals surface area contributed by atoms with Crippen LogP contribution < -0.4 is 5.32 Å². The first-order valence-electron chi connectivity index (χ1n) is 7.31. The summed E-state index contributed by atoms with van der Waals surface area (Å²) in [7, 11) is 0. The minimum atomic E-state index is 0.123. The second-order valence-corrected chi connectivity index (χ2v) is 5.97. The highest BCUT2D eigenvalue weighted by Gasteiger charge is 2.26. The predicted molar refractivity (Wildman–Crippen MR) is 86.4 cm³/mol. The molecule has 0 spiro atoms. The summed E-state index contributed by atoms with van der Waals surface area (Å²) in [5, 5.41) is 12.3. The number of fused-ring (bicyclic) bond motifs is 3. The van der Waals surface area contributed by atoms with Crippen LogP contribution in [0.25, 0.3) is 5.69 Å². The fourth-order valence-corrected chi connectivity index (χ4v) is 3.36. The highest BCUT2D eigenvalue weighted by atomic mass is 35.5. The maximum atomic E-state index is 9.65. The van der Waals surface area contributed by atoms with E-state index in [-0.39, 0.29) is 11.8 Å². The number of hydrogen-bond acceptors (Lipinski definition) is 1. The van der Waals surface area contributed by atoms with Crippen molar-refractivity contribution in [1.29, 1.82) is 0 Å². The highest BCUT2D eigenvalue weighted by Crippen LogP contribution is 2.30. The largest absolute Gasteiger partial charge is 0.506 e. The van der Waals surface area contributed by atoms with Gasteiger partial charge in [0.25, 0.3) is 0 Å². The van der Waals surface area contributed by atoms with Crippen LogP contribution in [0.5, 0.6) is 5.75 Å². The normalized spacial score (nSPS) is 16.7. The summed E-state index contributed by atoms with van der Waals surface area (Å²) in [6, 6.07) is 18.3. The third-order valence-electron chi connectivity index (χ3n) is 4.25. The fraction of sp³-hybridized carbons (Fsp3) is 0.111. The van der Waals surface area contributed by atoms with Gasteiger partial charge in [-0.3, -0.25) is 0 Å². The topological polar surface area (TPSA) is 41.8 Å². The van der Waals surface area contributed by atoms with Crippen LogP contribution in [-0.2, 0) is 6.54 Å². The third kappa shape index (κ3) is 2.10. The van der Waals surface area contributed by atoms with Crippen molar-refractivity contribution in [2.24, 2.45) is 0 Å². The molecule has 2 aromatic carbocycles. The Labute approximate surface area is 133 Å². The van der Waals surface area contributed by atoms with Crippen LogP contribution in [0.2, 0.25) is 5.02 Å². The summed E-state index contributed by atoms with van der Waals surface area (Å²) in [6.45, 7) is 0.904. The Hall–Kier alpha value is -2.23. The fourth-order valence-electron chi connectivity index (χ4n) is 3.17. The lowest BCUT2D eigenvalue weighted by Crippen LogP contribution is -2.83. The number of nitrogens with two attached hydrogens (primary N) is 1. The SMILES string of the molecule is Oc1ccc([C@@H]2[NH2+]Cc3ccccc3-n3cccc32)cc1Cl. The molecule has 0 saturated heterocycles. The molecular formula is C18H16ClN2O+. The maximum absolute atomic E-state index is 9.65. The number of aromatic hydroxyl groups is 1. The zero-order valence-electron chi connectivity index (χ0n) is 11.9. The van der Waals surface area contributed by atoms with Crippen LogP contribution in [0.3, 0.4) is 0 Å². The zero-order chi connectivity index (χ0) is 15.1. The van der Waals surface area contributed by atoms with Crippen molar-refractivity contribution in [3.05, 3.63) is 82.6 Å². The van der Waals surface area contributed by atoms with Crippen molar-refractivity contribution in [2.75, 3.05) is 0 Å². The van der Waals surface area contributed by atoms with E-state index in [0.717, 1.165) is 12.1 Å². The number of benzene rings is 2. The number of para-hydroxylation sites is 1. The van der Waals surface area contributed by atoms with E-state index in [0.29, 0.717) is 5.02 Å². The zero-order valence-corrected chi connectivity index (χ0v) is 12.7. The molecule has 22 heavy (non-hydrogen) atoms. The van der Waals surface area contributed by atoms with Crippen LogP contribution in [0.4, 0.5) is 0 Å². The summed E-state index contributed by atoms with van der Waals surface area (Å²) in [5.41, 5.74) is 4.85. The van der Waals surface area contributed by atoms with Gasteiger partial charge in [-0.15, -0.1) is 0 Å². The summed E-state index contributed by atoms with van der Waals surface area (Å²) in [4.78, 5) is 0. The van der Waals surface area contributed by atoms with Crippen molar-refractivity contribution in [1.82, 2.24) is 4.57 Å². The Bertz CT molecular complexity index is 841. The van der Waals surface area contributed by atoms with Gasteiger partial charge in [-0.05, 0) is 36.4 Å². The summed E-state index contributed by atoms with van der Waals surface area (Å²) >= 11 is 6.09. The van der Waals surface area contributed by atoms with Gasteiger partial charge in [0.1, 0.15) is 12.3 Å². The molecular weight excluding hydrogens is 296 g/mol. The second kappa shape index (κ2) is 5.20. The molecule has 0 fully saturated rings. The van der Waals surface area contributed by atoms with Gasteiger partial charge in [-0.2, -0.15) is 0 Å². The average molecular weight is 312 g/mol. The van der Waals surface area contributed by atoms with Crippen molar-refractivity contribution < 1.29 is 10.4 Å². The minimum Gasteiger partial charge on any atom is -0.506 e. The van der Waals surface area contributed by atoms with Gasteiger partial charge in [-0.25, -0.2) is 0 Å². The van der Waals surface area contributed by atoms with Crippen LogP contribution in [0.1, 0.15) is 22.9 Å². The molecule has 0 saturated carbocycles. The molecule has 3 nitrogen and oxygen atoms in total. The number of phenolic OH excluding ortho intramolecular Hbond substituents is 1. The first-order chi connectivity index (χ1) is 10.7. The molecule has 4 rings (SSSR count). The van der Waals surface area contributed by atoms with E-state index in [1.54, 1.807) is 6.07 Å². The molecule has 110 valence electrons. The van der Waals surface area contributed by atoms with Gasteiger partial charge in [0.2, 0.25) is 0 Å². The number of phenols is 1. The molecule has 0 radical (unpaired) electrons. The third-order valence-corrected chi connectivity index (χ3v) is 4.56. The van der Waals surface area contributed by atoms with Gasteiger partial charge in [0, 0.05) is 17.3 Å². The number of aromatic nitrogens is 1. The first-order valence-corrected chi connectivity index (χ1v) is 7.69. The molecule has 1 aromatic heterocycles. The molecule has 0 unspecified atom stereocenters. The van der Waals surface area contributed by atoms with Crippen molar-refractivity contribution >= 4 is 11.6 Å². The maximum Gasteiger partial charge on any atom is 0.153 e. The lowest BCUT2D eigenvalue weighted by Gasteiger charge is -2.15. The number of quaternary nitrogens is 1. The average Bonchev–Trinajstić information content (AvgIpc) is 2.95. The highest BCUT2D eigenvalue weighted by molar-refractivity contribution is 6.32. The number of halogens is 1. The first kappa shape index (κ1) is 13.4. The monoisotopic (exact) mass is 311 g/mol. The summed E-state index contributed by atoms with van der Waals surface area (Å²) < 4.78 is 2.24. The molecule has 3 aromatic rings. The Morgan fingerprint density at radius 1 is 1.09 bits per heavy atom. The quantitative estimate of drug-likeness (QED) is 0.713. The van der Waals surface area contributed by atoms with Gasteiger partial charge < -0.3 is 15.0 Å². The number of nitrogens with zero attached hydrogens (tertiary/aromatic N) is 1. The number of hydrogen-bond donors (Lipinski definition) is 2. The lowest BCUT2D eigenvalue weighted by molar-refractivity contribution is -0.702. The molecule has 1 atom stereocenters. The van der Waals surface area contributed by atoms with Gasteiger partial charge in [0.05, 0.1) is 16.4 Å². The Balaban J connectivity index is 1.86. The van der Waals surface area contributed by atoms with Crippen LogP contribution >= 0.6 is 11.6 Å². The van der Waals surface area contributed by atoms with Gasteiger partial charge >= 0.3 is 0 Å². The molecule has 3 N–H and O–H groups in total. The predicted octanol–water partition coefficient (Wildman–Crippen LogP) is 3.00. The Morgan fingerprint density at radius 3 is 2.82 bits per heavy atom. The van der Waals surface area contributed by atoms with Crippen molar-refractivity contribution in [3.8, 4) is 11.4 Å². The second-order valence-electron chi connectivity index (χ2n) is 5.56. The molecule has 4 heteroatoms. The van der Waals surface area contributed by atoms with Crippen LogP contribution in [-0.4, -0.2) is 9.67 Å². The molecule has 0 bridgehead atoms. The number of rotatable bonds is 1. The van der Waals surface area contributed by atoms with E-state index < -0.39 is 0 Å². The van der Waals surface area contributed by atoms with Crippen molar-refractivity contribution in [2.45, 2.75) is 12.6 Å². The molecule has 1 aliphatic heterocycles. The molecule has 2 heterocycles. The van der Waals surface area contributed by atoms with E-state index >= 15 is 0 Å². The summed E-state index contributed by atoms with van der Waals surface area (Å²) in [6.07, 6.45) is 2.10. The molecule has 0 amide bonds.